The average Bonchev–Trinajstić information content (AvgIpc) is 3.39. The van der Waals surface area contributed by atoms with Crippen LogP contribution in [-0.4, -0.2) is 32.1 Å². The van der Waals surface area contributed by atoms with E-state index in [1.807, 2.05) is 35.8 Å². The molecule has 0 atom stereocenters. The normalized spacial score (nSPS) is 11.1. The summed E-state index contributed by atoms with van der Waals surface area (Å²) in [7, 11) is 1.61. The van der Waals surface area contributed by atoms with Crippen LogP contribution in [0.1, 0.15) is 12.8 Å². The van der Waals surface area contributed by atoms with E-state index in [-0.39, 0.29) is 0 Å². The number of ether oxygens (including phenoxy) is 1. The summed E-state index contributed by atoms with van der Waals surface area (Å²) in [4.78, 5) is 0. The van der Waals surface area contributed by atoms with Crippen LogP contribution < -0.4 is 4.74 Å². The Labute approximate surface area is 187 Å². The molecule has 0 radical (unpaired) electrons. The number of hydrogen-bond donors (Lipinski definition) is 0. The molecule has 4 aromatic rings. The largest absolute Gasteiger partial charge is 0.496 e. The molecule has 0 aliphatic rings. The topological polar surface area (TPSA) is 78.9 Å². The van der Waals surface area contributed by atoms with Gasteiger partial charge in [-0.2, -0.15) is 0 Å². The number of rotatable bonds is 7. The van der Waals surface area contributed by atoms with E-state index in [4.69, 9.17) is 32.4 Å². The lowest BCUT2D eigenvalue weighted by Crippen LogP contribution is -2.01. The Morgan fingerprint density at radius 2 is 1.77 bits per heavy atom. The van der Waals surface area contributed by atoms with Gasteiger partial charge in [-0.15, -0.1) is 20.4 Å². The SMILES string of the molecule is CCn1c(SCc2nnc(-c3ccc(Cl)cc3)o2)nnc1-c1cc(Cl)ccc1OC. The maximum absolute atomic E-state index is 6.18. The molecule has 2 aromatic carbocycles. The number of aromatic nitrogens is 5. The number of methoxy groups -OCH3 is 1. The number of nitrogens with zero attached hydrogens (tertiary/aromatic N) is 5. The van der Waals surface area contributed by atoms with E-state index in [9.17, 15) is 0 Å². The Morgan fingerprint density at radius 3 is 2.50 bits per heavy atom. The summed E-state index contributed by atoms with van der Waals surface area (Å²) in [6.07, 6.45) is 0. The van der Waals surface area contributed by atoms with E-state index >= 15 is 0 Å². The van der Waals surface area contributed by atoms with Crippen molar-refractivity contribution in [3.63, 3.8) is 0 Å². The molecule has 0 saturated carbocycles. The Bertz CT molecular complexity index is 1160. The molecule has 0 fully saturated rings. The molecule has 0 N–H and O–H groups in total. The van der Waals surface area contributed by atoms with E-state index in [1.54, 1.807) is 25.3 Å². The molecule has 4 rings (SSSR count). The van der Waals surface area contributed by atoms with Crippen molar-refractivity contribution in [3.05, 3.63) is 58.4 Å². The van der Waals surface area contributed by atoms with Crippen LogP contribution in [-0.2, 0) is 12.3 Å². The minimum atomic E-state index is 0.448. The van der Waals surface area contributed by atoms with Gasteiger partial charge in [-0.05, 0) is 49.4 Å². The molecule has 0 amide bonds. The standard InChI is InChI=1S/C20H17Cl2N5O2S/c1-3-27-18(15-10-14(22)8-9-16(15)28-2)24-26-20(27)30-11-17-23-25-19(29-17)12-4-6-13(21)7-5-12/h4-10H,3,11H2,1-2H3. The van der Waals surface area contributed by atoms with Gasteiger partial charge in [0.15, 0.2) is 11.0 Å². The predicted octanol–water partition coefficient (Wildman–Crippen LogP) is 5.62. The third-order valence-corrected chi connectivity index (χ3v) is 5.76. The molecule has 2 heterocycles. The zero-order valence-electron chi connectivity index (χ0n) is 16.2. The lowest BCUT2D eigenvalue weighted by atomic mass is 10.2. The van der Waals surface area contributed by atoms with Crippen molar-refractivity contribution in [2.45, 2.75) is 24.4 Å². The highest BCUT2D eigenvalue weighted by Crippen LogP contribution is 2.34. The molecule has 30 heavy (non-hydrogen) atoms. The van der Waals surface area contributed by atoms with Crippen molar-refractivity contribution in [2.24, 2.45) is 0 Å². The molecule has 0 bridgehead atoms. The smallest absolute Gasteiger partial charge is 0.247 e. The van der Waals surface area contributed by atoms with Crippen LogP contribution in [0, 0.1) is 0 Å². The number of halogens is 2. The van der Waals surface area contributed by atoms with E-state index < -0.39 is 0 Å². The first-order valence-corrected chi connectivity index (χ1v) is 10.8. The summed E-state index contributed by atoms with van der Waals surface area (Å²) in [6.45, 7) is 2.71. The second-order valence-corrected chi connectivity index (χ2v) is 8.01. The van der Waals surface area contributed by atoms with Crippen LogP contribution >= 0.6 is 35.0 Å². The average molecular weight is 462 g/mol. The fourth-order valence-electron chi connectivity index (χ4n) is 2.88. The van der Waals surface area contributed by atoms with Crippen LogP contribution in [0.2, 0.25) is 10.0 Å². The molecule has 7 nitrogen and oxygen atoms in total. The first kappa shape index (κ1) is 20.7. The Morgan fingerprint density at radius 1 is 1.00 bits per heavy atom. The zero-order valence-corrected chi connectivity index (χ0v) is 18.5. The highest BCUT2D eigenvalue weighted by atomic mass is 35.5. The third kappa shape index (κ3) is 4.30. The second-order valence-electron chi connectivity index (χ2n) is 6.19. The van der Waals surface area contributed by atoms with Crippen LogP contribution in [0.5, 0.6) is 5.75 Å². The van der Waals surface area contributed by atoms with Crippen LogP contribution in [0.15, 0.2) is 52.0 Å². The Balaban J connectivity index is 1.54. The summed E-state index contributed by atoms with van der Waals surface area (Å²) in [6, 6.07) is 12.7. The van der Waals surface area contributed by atoms with Gasteiger partial charge in [-0.1, -0.05) is 35.0 Å². The van der Waals surface area contributed by atoms with Gasteiger partial charge in [0.1, 0.15) is 5.75 Å². The van der Waals surface area contributed by atoms with E-state index in [0.29, 0.717) is 45.7 Å². The summed E-state index contributed by atoms with van der Waals surface area (Å²) in [5.41, 5.74) is 1.60. The summed E-state index contributed by atoms with van der Waals surface area (Å²) in [5.74, 6) is 2.78. The zero-order chi connectivity index (χ0) is 21.1. The van der Waals surface area contributed by atoms with Gasteiger partial charge in [-0.25, -0.2) is 0 Å². The van der Waals surface area contributed by atoms with Gasteiger partial charge in [0, 0.05) is 22.2 Å². The van der Waals surface area contributed by atoms with Gasteiger partial charge in [0.2, 0.25) is 11.8 Å². The quantitative estimate of drug-likeness (QED) is 0.330. The first-order valence-electron chi connectivity index (χ1n) is 9.07. The van der Waals surface area contributed by atoms with Gasteiger partial charge >= 0.3 is 0 Å². The molecular formula is C20H17Cl2N5O2S. The van der Waals surface area contributed by atoms with E-state index in [0.717, 1.165) is 16.3 Å². The van der Waals surface area contributed by atoms with E-state index in [1.165, 1.54) is 11.8 Å². The Hall–Kier alpha value is -2.55. The molecule has 0 aliphatic carbocycles. The highest BCUT2D eigenvalue weighted by molar-refractivity contribution is 7.98. The molecule has 0 spiro atoms. The molecule has 10 heteroatoms. The monoisotopic (exact) mass is 461 g/mol. The van der Waals surface area contributed by atoms with Crippen molar-refractivity contribution < 1.29 is 9.15 Å². The van der Waals surface area contributed by atoms with Crippen molar-refractivity contribution in [1.82, 2.24) is 25.0 Å². The predicted molar refractivity (Wildman–Crippen MR) is 117 cm³/mol. The van der Waals surface area contributed by atoms with Crippen molar-refractivity contribution >= 4 is 35.0 Å². The van der Waals surface area contributed by atoms with Crippen molar-refractivity contribution in [2.75, 3.05) is 7.11 Å². The summed E-state index contributed by atoms with van der Waals surface area (Å²) in [5, 5.41) is 18.9. The maximum atomic E-state index is 6.18. The molecule has 2 aromatic heterocycles. The molecular weight excluding hydrogens is 445 g/mol. The maximum Gasteiger partial charge on any atom is 0.247 e. The van der Waals surface area contributed by atoms with Crippen molar-refractivity contribution in [1.29, 1.82) is 0 Å². The third-order valence-electron chi connectivity index (χ3n) is 4.32. The fraction of sp³-hybridized carbons (Fsp3) is 0.200. The first-order chi connectivity index (χ1) is 14.6. The summed E-state index contributed by atoms with van der Waals surface area (Å²) < 4.78 is 13.2. The number of benzene rings is 2. The lowest BCUT2D eigenvalue weighted by molar-refractivity contribution is 0.416. The number of thioether (sulfide) groups is 1. The van der Waals surface area contributed by atoms with Crippen molar-refractivity contribution in [3.8, 4) is 28.6 Å². The molecule has 154 valence electrons. The molecule has 0 saturated heterocycles. The Kier molecular flexibility index (Phi) is 6.26. The summed E-state index contributed by atoms with van der Waals surface area (Å²) >= 11 is 13.6. The molecule has 0 unspecified atom stereocenters. The van der Waals surface area contributed by atoms with Crippen LogP contribution in [0.25, 0.3) is 22.8 Å². The fourth-order valence-corrected chi connectivity index (χ4v) is 4.02. The molecule has 0 aliphatic heterocycles. The minimum Gasteiger partial charge on any atom is -0.496 e. The second kappa shape index (κ2) is 9.07. The van der Waals surface area contributed by atoms with Crippen LogP contribution in [0.3, 0.4) is 0 Å². The van der Waals surface area contributed by atoms with E-state index in [2.05, 4.69) is 20.4 Å². The van der Waals surface area contributed by atoms with Gasteiger partial charge < -0.3 is 13.7 Å². The van der Waals surface area contributed by atoms with Gasteiger partial charge in [-0.3, -0.25) is 0 Å². The lowest BCUT2D eigenvalue weighted by Gasteiger charge is -2.10. The highest BCUT2D eigenvalue weighted by Gasteiger charge is 2.18. The van der Waals surface area contributed by atoms with Gasteiger partial charge in [0.05, 0.1) is 18.4 Å². The van der Waals surface area contributed by atoms with Gasteiger partial charge in [0.25, 0.3) is 0 Å². The number of hydrogen-bond acceptors (Lipinski definition) is 7. The minimum absolute atomic E-state index is 0.448. The van der Waals surface area contributed by atoms with Crippen LogP contribution in [0.4, 0.5) is 0 Å².